The lowest BCUT2D eigenvalue weighted by molar-refractivity contribution is 0.122. The number of hydrogen-bond donors (Lipinski definition) is 0. The van der Waals surface area contributed by atoms with Crippen molar-refractivity contribution in [3.63, 3.8) is 0 Å². The number of aromatic nitrogens is 1. The highest BCUT2D eigenvalue weighted by Crippen LogP contribution is 2.38. The van der Waals surface area contributed by atoms with E-state index in [0.717, 1.165) is 12.8 Å². The predicted molar refractivity (Wildman–Crippen MR) is 63.3 cm³/mol. The summed E-state index contributed by atoms with van der Waals surface area (Å²) >= 11 is 6.02. The van der Waals surface area contributed by atoms with Crippen molar-refractivity contribution < 1.29 is 9.47 Å². The summed E-state index contributed by atoms with van der Waals surface area (Å²) in [6.07, 6.45) is 4.17. The van der Waals surface area contributed by atoms with E-state index in [-0.39, 0.29) is 5.60 Å². The van der Waals surface area contributed by atoms with Crippen LogP contribution in [0.2, 0.25) is 5.15 Å². The zero-order valence-electron chi connectivity index (χ0n) is 9.79. The van der Waals surface area contributed by atoms with Gasteiger partial charge >= 0.3 is 0 Å². The smallest absolute Gasteiger partial charge is 0.199 e. The Bertz CT molecular complexity index is 383. The molecule has 0 amide bonds. The van der Waals surface area contributed by atoms with E-state index in [0.29, 0.717) is 22.8 Å². The maximum Gasteiger partial charge on any atom is 0.199 e. The fourth-order valence-corrected chi connectivity index (χ4v) is 1.45. The molecule has 0 N–H and O–H groups in total. The van der Waals surface area contributed by atoms with Gasteiger partial charge in [-0.3, -0.25) is 0 Å². The molecule has 1 aromatic rings. The molecule has 0 unspecified atom stereocenters. The molecule has 1 aromatic heterocycles. The van der Waals surface area contributed by atoms with Crippen LogP contribution >= 0.6 is 11.6 Å². The third kappa shape index (κ3) is 3.01. The van der Waals surface area contributed by atoms with Crippen LogP contribution in [0.4, 0.5) is 0 Å². The molecule has 0 bridgehead atoms. The maximum atomic E-state index is 6.02. The summed E-state index contributed by atoms with van der Waals surface area (Å²) in [5.74, 6) is 1.24. The summed E-state index contributed by atoms with van der Waals surface area (Å²) < 4.78 is 11.5. The average Bonchev–Trinajstić information content (AvgIpc) is 2.93. The zero-order valence-corrected chi connectivity index (χ0v) is 10.5. The van der Waals surface area contributed by atoms with E-state index in [1.54, 1.807) is 12.3 Å². The van der Waals surface area contributed by atoms with E-state index >= 15 is 0 Å². The molecule has 0 atom stereocenters. The predicted octanol–water partition coefficient (Wildman–Crippen LogP) is 3.45. The topological polar surface area (TPSA) is 31.4 Å². The summed E-state index contributed by atoms with van der Waals surface area (Å²) in [6.45, 7) is 5.91. The number of nitrogens with zero attached hydrogens (tertiary/aromatic N) is 1. The molecule has 1 aliphatic carbocycles. The van der Waals surface area contributed by atoms with Crippen molar-refractivity contribution in [1.29, 1.82) is 0 Å². The van der Waals surface area contributed by atoms with Gasteiger partial charge in [0.2, 0.25) is 0 Å². The third-order valence-electron chi connectivity index (χ3n) is 2.05. The Hall–Kier alpha value is -0.960. The monoisotopic (exact) mass is 241 g/mol. The number of ether oxygens (including phenoxy) is 2. The molecule has 0 radical (unpaired) electrons. The van der Waals surface area contributed by atoms with Crippen LogP contribution in [0.3, 0.4) is 0 Å². The van der Waals surface area contributed by atoms with Crippen molar-refractivity contribution in [1.82, 2.24) is 4.98 Å². The first-order chi connectivity index (χ1) is 7.46. The van der Waals surface area contributed by atoms with Crippen molar-refractivity contribution in [2.45, 2.75) is 45.3 Å². The molecule has 0 aliphatic heterocycles. The van der Waals surface area contributed by atoms with E-state index in [1.807, 2.05) is 20.8 Å². The summed E-state index contributed by atoms with van der Waals surface area (Å²) in [5.41, 5.74) is -0.311. The van der Waals surface area contributed by atoms with Crippen molar-refractivity contribution in [3.8, 4) is 11.5 Å². The third-order valence-corrected chi connectivity index (χ3v) is 2.32. The van der Waals surface area contributed by atoms with Crippen LogP contribution in [0, 0.1) is 0 Å². The first-order valence-electron chi connectivity index (χ1n) is 5.46. The molecule has 1 heterocycles. The number of hydrogen-bond acceptors (Lipinski definition) is 3. The largest absolute Gasteiger partial charge is 0.486 e. The van der Waals surface area contributed by atoms with Crippen LogP contribution < -0.4 is 9.47 Å². The summed E-state index contributed by atoms with van der Waals surface area (Å²) in [5, 5.41) is 0.355. The Morgan fingerprint density at radius 3 is 2.62 bits per heavy atom. The van der Waals surface area contributed by atoms with Crippen LogP contribution in [0.1, 0.15) is 33.6 Å². The SMILES string of the molecule is CC(C)(C)Oc1c(OC2CC2)ccnc1Cl. The van der Waals surface area contributed by atoms with Crippen molar-refractivity contribution in [2.24, 2.45) is 0 Å². The van der Waals surface area contributed by atoms with E-state index in [4.69, 9.17) is 21.1 Å². The highest BCUT2D eigenvalue weighted by Gasteiger charge is 2.27. The van der Waals surface area contributed by atoms with Crippen LogP contribution in [0.15, 0.2) is 12.3 Å². The average molecular weight is 242 g/mol. The van der Waals surface area contributed by atoms with Gasteiger partial charge in [-0.25, -0.2) is 4.98 Å². The maximum absolute atomic E-state index is 6.02. The van der Waals surface area contributed by atoms with Gasteiger partial charge in [0, 0.05) is 12.3 Å². The lowest BCUT2D eigenvalue weighted by Gasteiger charge is -2.23. The Labute approximate surface area is 101 Å². The second-order valence-corrected chi connectivity index (χ2v) is 5.32. The molecule has 1 saturated carbocycles. The van der Waals surface area contributed by atoms with Crippen LogP contribution in [-0.2, 0) is 0 Å². The Kier molecular flexibility index (Phi) is 2.98. The Morgan fingerprint density at radius 2 is 2.06 bits per heavy atom. The van der Waals surface area contributed by atoms with E-state index in [1.165, 1.54) is 0 Å². The molecule has 0 aromatic carbocycles. The molecule has 16 heavy (non-hydrogen) atoms. The summed E-state index contributed by atoms with van der Waals surface area (Å²) in [6, 6.07) is 1.80. The minimum Gasteiger partial charge on any atom is -0.486 e. The first kappa shape index (κ1) is 11.5. The zero-order chi connectivity index (χ0) is 11.8. The second-order valence-electron chi connectivity index (χ2n) is 4.96. The van der Waals surface area contributed by atoms with Gasteiger partial charge in [0.05, 0.1) is 6.10 Å². The van der Waals surface area contributed by atoms with E-state index in [9.17, 15) is 0 Å². The molecule has 0 saturated heterocycles. The standard InChI is InChI=1S/C12H16ClNO2/c1-12(2,3)16-10-9(15-8-4-5-8)6-7-14-11(10)13/h6-8H,4-5H2,1-3H3. The highest BCUT2D eigenvalue weighted by atomic mass is 35.5. The number of rotatable bonds is 3. The lowest BCUT2D eigenvalue weighted by atomic mass is 10.2. The fraction of sp³-hybridized carbons (Fsp3) is 0.583. The van der Waals surface area contributed by atoms with Gasteiger partial charge in [0.25, 0.3) is 0 Å². The Balaban J connectivity index is 2.24. The Morgan fingerprint density at radius 1 is 1.38 bits per heavy atom. The molecular formula is C12H16ClNO2. The number of halogens is 1. The van der Waals surface area contributed by atoms with Crippen LogP contribution in [0.25, 0.3) is 0 Å². The van der Waals surface area contributed by atoms with Gasteiger partial charge in [-0.15, -0.1) is 0 Å². The quantitative estimate of drug-likeness (QED) is 0.760. The van der Waals surface area contributed by atoms with Crippen molar-refractivity contribution in [2.75, 3.05) is 0 Å². The lowest BCUT2D eigenvalue weighted by Crippen LogP contribution is -2.23. The first-order valence-corrected chi connectivity index (χ1v) is 5.84. The van der Waals surface area contributed by atoms with Crippen molar-refractivity contribution >= 4 is 11.6 Å². The van der Waals surface area contributed by atoms with E-state index in [2.05, 4.69) is 4.98 Å². The van der Waals surface area contributed by atoms with Gasteiger partial charge < -0.3 is 9.47 Å². The van der Waals surface area contributed by atoms with Gasteiger partial charge in [-0.2, -0.15) is 0 Å². The minimum absolute atomic E-state index is 0.311. The molecule has 88 valence electrons. The number of pyridine rings is 1. The van der Waals surface area contributed by atoms with Gasteiger partial charge in [0.15, 0.2) is 16.7 Å². The molecule has 1 aliphatic rings. The molecule has 4 heteroatoms. The molecule has 3 nitrogen and oxygen atoms in total. The fourth-order valence-electron chi connectivity index (χ4n) is 1.26. The normalized spacial score (nSPS) is 16.0. The van der Waals surface area contributed by atoms with Crippen LogP contribution in [-0.4, -0.2) is 16.7 Å². The summed E-state index contributed by atoms with van der Waals surface area (Å²) in [7, 11) is 0. The second kappa shape index (κ2) is 4.13. The van der Waals surface area contributed by atoms with Gasteiger partial charge in [-0.1, -0.05) is 11.6 Å². The van der Waals surface area contributed by atoms with Gasteiger partial charge in [-0.05, 0) is 33.6 Å². The summed E-state index contributed by atoms with van der Waals surface area (Å²) in [4.78, 5) is 4.01. The molecule has 0 spiro atoms. The molecular weight excluding hydrogens is 226 g/mol. The highest BCUT2D eigenvalue weighted by molar-refractivity contribution is 6.31. The molecule has 1 fully saturated rings. The molecule has 2 rings (SSSR count). The van der Waals surface area contributed by atoms with Crippen LogP contribution in [0.5, 0.6) is 11.5 Å². The van der Waals surface area contributed by atoms with Crippen molar-refractivity contribution in [3.05, 3.63) is 17.4 Å². The minimum atomic E-state index is -0.311. The van der Waals surface area contributed by atoms with E-state index < -0.39 is 0 Å². The van der Waals surface area contributed by atoms with Gasteiger partial charge in [0.1, 0.15) is 5.60 Å².